The van der Waals surface area contributed by atoms with Crippen molar-refractivity contribution in [3.8, 4) is 46.8 Å². The lowest BCUT2D eigenvalue weighted by molar-refractivity contribution is -0.140. The van der Waals surface area contributed by atoms with E-state index < -0.39 is 37.0 Å². The molecule has 4 aromatic heterocycles. The zero-order valence-electron chi connectivity index (χ0n) is 38.0. The molecule has 0 aliphatic carbocycles. The minimum absolute atomic E-state index is 0.000362. The molecule has 6 aromatic rings. The van der Waals surface area contributed by atoms with Crippen molar-refractivity contribution < 1.29 is 49.0 Å². The zero-order valence-corrected chi connectivity index (χ0v) is 41.2. The van der Waals surface area contributed by atoms with Crippen LogP contribution >= 0.6 is 31.9 Å². The summed E-state index contributed by atoms with van der Waals surface area (Å²) < 4.78 is 25.9. The van der Waals surface area contributed by atoms with Crippen molar-refractivity contribution in [1.82, 2.24) is 30.6 Å². The molecule has 18 nitrogen and oxygen atoms in total. The summed E-state index contributed by atoms with van der Waals surface area (Å²) in [5.41, 5.74) is 8.38. The summed E-state index contributed by atoms with van der Waals surface area (Å²) in [6, 6.07) is 29.5. The fourth-order valence-corrected chi connectivity index (χ4v) is 8.03. The average Bonchev–Trinajstić information content (AvgIpc) is 3.33. The largest absolute Gasteiger partial charge is 0.481 e. The number of aliphatic carboxylic acids is 2. The second-order valence-corrected chi connectivity index (χ2v) is 17.5. The molecule has 0 bridgehead atoms. The van der Waals surface area contributed by atoms with Crippen LogP contribution in [0.4, 0.5) is 0 Å². The van der Waals surface area contributed by atoms with E-state index in [1.807, 2.05) is 62.4 Å². The number of nitrogens with one attached hydrogen (secondary N) is 2. The third kappa shape index (κ3) is 15.0. The van der Waals surface area contributed by atoms with Gasteiger partial charge >= 0.3 is 11.9 Å². The summed E-state index contributed by atoms with van der Waals surface area (Å²) in [6.07, 6.45) is -3.02. The number of hydrogen-bond acceptors (Lipinski definition) is 16. The number of carboxylic acid groups (broad SMARTS) is 2. The molecule has 0 amide bonds. The Morgan fingerprint density at radius 2 is 0.957 bits per heavy atom. The van der Waals surface area contributed by atoms with Crippen LogP contribution in [-0.4, -0.2) is 77.6 Å². The summed E-state index contributed by atoms with van der Waals surface area (Å²) in [6.45, 7) is 4.73. The lowest BCUT2D eigenvalue weighted by Crippen LogP contribution is -2.28. The number of aliphatic hydroxyl groups is 2. The first-order valence-corrected chi connectivity index (χ1v) is 23.3. The number of halogens is 2. The highest BCUT2D eigenvalue weighted by atomic mass is 79.9. The maximum Gasteiger partial charge on any atom is 0.306 e. The molecule has 0 radical (unpaired) electrons. The number of aromatic nitrogens is 4. The quantitative estimate of drug-likeness (QED) is 0.0337. The molecular formula is C50H48Br2N8O10. The molecule has 0 aliphatic heterocycles. The Hall–Kier alpha value is -7.04. The number of hydrogen-bond donors (Lipinski definition) is 6. The van der Waals surface area contributed by atoms with Crippen molar-refractivity contribution in [3.05, 3.63) is 150 Å². The van der Waals surface area contributed by atoms with Crippen LogP contribution in [0.15, 0.2) is 93.9 Å². The number of carboxylic acids is 2. The molecule has 2 unspecified atom stereocenters. The second-order valence-electron chi connectivity index (χ2n) is 15.8. The highest BCUT2D eigenvalue weighted by molar-refractivity contribution is 9.10. The van der Waals surface area contributed by atoms with Gasteiger partial charge in [0.25, 0.3) is 0 Å². The van der Waals surface area contributed by atoms with Crippen LogP contribution in [0.1, 0.15) is 69.0 Å². The van der Waals surface area contributed by atoms with E-state index in [-0.39, 0.29) is 87.5 Å². The lowest BCUT2D eigenvalue weighted by Gasteiger charge is -2.18. The zero-order chi connectivity index (χ0) is 50.2. The van der Waals surface area contributed by atoms with E-state index in [1.165, 1.54) is 0 Å². The first-order chi connectivity index (χ1) is 33.7. The Balaban J connectivity index is 1.18. The van der Waals surface area contributed by atoms with E-state index >= 15 is 0 Å². The lowest BCUT2D eigenvalue weighted by atomic mass is 9.92. The standard InChI is InChI=1S/C50H48Br2N8O10/c1-29-31(25-67-49-43(51)15-33(21-55-23-39(61)17-45(63)64)47(59-49)69-27-37-11-5-9-35(19-53)57-37)7-3-13-41(29)42-14-4-8-32(30(42)2)26-68-50-44(52)16-34(22-56-24-40(62)18-46(65)66)48(60-50)70-28-38-12-6-10-36(20-54)58-38/h3-16,39-40,55-56,61-62H,17-18,21-28H2,1-2H3,(H,63,64)(H,65,66). The number of carbonyl (C=O) groups is 2. The van der Waals surface area contributed by atoms with Gasteiger partial charge in [0, 0.05) is 37.3 Å². The number of rotatable bonds is 25. The monoisotopic (exact) mass is 1080 g/mol. The molecular weight excluding hydrogens is 1030 g/mol. The molecule has 2 atom stereocenters. The molecule has 0 fully saturated rings. The van der Waals surface area contributed by atoms with Crippen molar-refractivity contribution >= 4 is 43.8 Å². The van der Waals surface area contributed by atoms with E-state index in [0.29, 0.717) is 31.5 Å². The molecule has 20 heteroatoms. The van der Waals surface area contributed by atoms with Gasteiger partial charge in [-0.2, -0.15) is 20.5 Å². The summed E-state index contributed by atoms with van der Waals surface area (Å²) >= 11 is 7.17. The Bertz CT molecular complexity index is 2720. The summed E-state index contributed by atoms with van der Waals surface area (Å²) in [5.74, 6) is -1.30. The van der Waals surface area contributed by atoms with E-state index in [0.717, 1.165) is 33.4 Å². The van der Waals surface area contributed by atoms with Crippen LogP contribution in [0.3, 0.4) is 0 Å². The molecule has 6 N–H and O–H groups in total. The number of pyridine rings is 4. The molecule has 2 aromatic carbocycles. The van der Waals surface area contributed by atoms with Gasteiger partial charge in [0.2, 0.25) is 23.5 Å². The van der Waals surface area contributed by atoms with Crippen LogP contribution in [0.5, 0.6) is 23.5 Å². The molecule has 0 spiro atoms. The van der Waals surface area contributed by atoms with Crippen molar-refractivity contribution in [2.75, 3.05) is 13.1 Å². The first kappa shape index (κ1) is 52.3. The molecule has 0 saturated heterocycles. The number of ether oxygens (including phenoxy) is 4. The van der Waals surface area contributed by atoms with Gasteiger partial charge in [0.05, 0.1) is 45.4 Å². The van der Waals surface area contributed by atoms with Crippen molar-refractivity contribution in [1.29, 1.82) is 10.5 Å². The van der Waals surface area contributed by atoms with E-state index in [9.17, 15) is 30.3 Å². The van der Waals surface area contributed by atoms with E-state index in [4.69, 9.17) is 39.1 Å². The van der Waals surface area contributed by atoms with Crippen LogP contribution in [-0.2, 0) is 49.1 Å². The van der Waals surface area contributed by atoms with E-state index in [2.05, 4.69) is 52.5 Å². The molecule has 70 heavy (non-hydrogen) atoms. The fraction of sp³-hybridized carbons (Fsp3) is 0.280. The minimum Gasteiger partial charge on any atom is -0.481 e. The van der Waals surface area contributed by atoms with Crippen molar-refractivity contribution in [2.45, 2.75) is 78.4 Å². The van der Waals surface area contributed by atoms with Gasteiger partial charge in [-0.05, 0) is 115 Å². The Kier molecular flexibility index (Phi) is 19.1. The summed E-state index contributed by atoms with van der Waals surface area (Å²) in [7, 11) is 0. The molecule has 0 saturated carbocycles. The minimum atomic E-state index is -1.11. The van der Waals surface area contributed by atoms with Gasteiger partial charge in [-0.1, -0.05) is 48.5 Å². The van der Waals surface area contributed by atoms with Crippen molar-refractivity contribution in [3.63, 3.8) is 0 Å². The SMILES string of the molecule is Cc1c(COc2nc(OCc3cccc(C#N)n3)c(CNCC(O)CC(=O)O)cc2Br)cccc1-c1cccc(COc2nc(OCc3cccc(C#N)n3)c(CNCC(O)CC(=O)O)cc2Br)c1C. The van der Waals surface area contributed by atoms with Gasteiger partial charge in [-0.25, -0.2) is 9.97 Å². The summed E-state index contributed by atoms with van der Waals surface area (Å²) in [4.78, 5) is 40.1. The maximum atomic E-state index is 11.1. The Morgan fingerprint density at radius 1 is 0.571 bits per heavy atom. The average molecular weight is 1080 g/mol. The number of nitrogens with zero attached hydrogens (tertiary/aromatic N) is 6. The highest BCUT2D eigenvalue weighted by Gasteiger charge is 2.19. The van der Waals surface area contributed by atoms with Crippen LogP contribution < -0.4 is 29.6 Å². The predicted octanol–water partition coefficient (Wildman–Crippen LogP) is 6.99. The Morgan fingerprint density at radius 3 is 1.34 bits per heavy atom. The molecule has 4 heterocycles. The predicted molar refractivity (Wildman–Crippen MR) is 260 cm³/mol. The van der Waals surface area contributed by atoms with Crippen LogP contribution in [0, 0.1) is 36.5 Å². The molecule has 0 aliphatic rings. The van der Waals surface area contributed by atoms with Gasteiger partial charge in [0.15, 0.2) is 0 Å². The normalized spacial score (nSPS) is 11.8. The number of benzene rings is 2. The highest BCUT2D eigenvalue weighted by Crippen LogP contribution is 2.35. The molecule has 6 rings (SSSR count). The topological polar surface area (TPSA) is 275 Å². The van der Waals surface area contributed by atoms with Crippen LogP contribution in [0.2, 0.25) is 0 Å². The summed E-state index contributed by atoms with van der Waals surface area (Å²) in [5, 5.41) is 63.0. The van der Waals surface area contributed by atoms with Gasteiger partial charge in [-0.3, -0.25) is 9.59 Å². The number of aliphatic hydroxyl groups excluding tert-OH is 2. The molecule has 362 valence electrons. The Labute approximate surface area is 420 Å². The first-order valence-electron chi connectivity index (χ1n) is 21.7. The second kappa shape index (κ2) is 25.5. The van der Waals surface area contributed by atoms with E-state index in [1.54, 1.807) is 48.5 Å². The third-order valence-electron chi connectivity index (χ3n) is 10.6. The fourth-order valence-electron chi connectivity index (χ4n) is 7.07. The maximum absolute atomic E-state index is 11.1. The smallest absolute Gasteiger partial charge is 0.306 e. The third-order valence-corrected chi connectivity index (χ3v) is 11.8. The van der Waals surface area contributed by atoms with Crippen LogP contribution in [0.25, 0.3) is 11.1 Å². The van der Waals surface area contributed by atoms with Gasteiger partial charge in [0.1, 0.15) is 50.0 Å². The van der Waals surface area contributed by atoms with Crippen molar-refractivity contribution in [2.24, 2.45) is 0 Å². The number of nitriles is 2. The van der Waals surface area contributed by atoms with Gasteiger partial charge in [-0.15, -0.1) is 0 Å². The van der Waals surface area contributed by atoms with Gasteiger partial charge < -0.3 is 50.0 Å².